The van der Waals surface area contributed by atoms with E-state index in [1.54, 1.807) is 0 Å². The predicted molar refractivity (Wildman–Crippen MR) is 169 cm³/mol. The van der Waals surface area contributed by atoms with Crippen LogP contribution in [0.2, 0.25) is 0 Å². The molecule has 1 fully saturated rings. The standard InChI is InChI=1S/C33H66NO5P/c1-3-5-6-7-8-9-10-11-12-13-14-15-16-17-18-19-20-25-32(30-33(35)24-4-2)31-39-40(36,37)38-29-23-28-34-26-21-22-27-34/h32H,3-31H2,1-2H3,(H,36,37). The fourth-order valence-corrected chi connectivity index (χ4v) is 6.65. The summed E-state index contributed by atoms with van der Waals surface area (Å²) < 4.78 is 22.9. The van der Waals surface area contributed by atoms with Crippen molar-refractivity contribution in [1.29, 1.82) is 0 Å². The van der Waals surface area contributed by atoms with E-state index in [-0.39, 0.29) is 24.9 Å². The Balaban J connectivity index is 2.07. The van der Waals surface area contributed by atoms with Crippen molar-refractivity contribution in [2.75, 3.05) is 32.8 Å². The second-order valence-electron chi connectivity index (χ2n) is 12.3. The van der Waals surface area contributed by atoms with Crippen LogP contribution in [0.3, 0.4) is 0 Å². The van der Waals surface area contributed by atoms with Crippen LogP contribution in [0.25, 0.3) is 0 Å². The van der Waals surface area contributed by atoms with Crippen molar-refractivity contribution in [2.45, 2.75) is 168 Å². The molecule has 0 amide bonds. The van der Waals surface area contributed by atoms with Gasteiger partial charge < -0.3 is 9.79 Å². The highest BCUT2D eigenvalue weighted by Crippen LogP contribution is 2.44. The third-order valence-electron chi connectivity index (χ3n) is 8.31. The molecule has 40 heavy (non-hydrogen) atoms. The SMILES string of the molecule is CCCCCCCCCCCCCCCCCCCC(COP(=O)(O)OCCCN1CCCC1)CC(=O)CCC. The maximum Gasteiger partial charge on any atom is 0.472 e. The number of Topliss-reactive ketones (excluding diaryl/α,β-unsaturated/α-hetero) is 1. The number of carbonyl (C=O) groups is 1. The van der Waals surface area contributed by atoms with Crippen molar-refractivity contribution in [3.63, 3.8) is 0 Å². The molecule has 0 aromatic heterocycles. The first-order chi connectivity index (χ1) is 19.5. The molecule has 0 spiro atoms. The number of rotatable bonds is 30. The van der Waals surface area contributed by atoms with E-state index in [9.17, 15) is 14.3 Å². The van der Waals surface area contributed by atoms with E-state index >= 15 is 0 Å². The van der Waals surface area contributed by atoms with Crippen LogP contribution < -0.4 is 0 Å². The molecule has 1 aliphatic rings. The van der Waals surface area contributed by atoms with Gasteiger partial charge in [0.25, 0.3) is 0 Å². The summed E-state index contributed by atoms with van der Waals surface area (Å²) in [5.74, 6) is 0.214. The van der Waals surface area contributed by atoms with Crippen LogP contribution in [-0.2, 0) is 18.4 Å². The van der Waals surface area contributed by atoms with Crippen LogP contribution in [0.4, 0.5) is 0 Å². The Bertz CT molecular complexity index is 626. The molecule has 2 atom stereocenters. The summed E-state index contributed by atoms with van der Waals surface area (Å²) in [7, 11) is -4.07. The van der Waals surface area contributed by atoms with Crippen molar-refractivity contribution >= 4 is 13.6 Å². The maximum atomic E-state index is 12.4. The predicted octanol–water partition coefficient (Wildman–Crippen LogP) is 10.0. The maximum absolute atomic E-state index is 12.4. The van der Waals surface area contributed by atoms with E-state index in [2.05, 4.69) is 11.8 Å². The Morgan fingerprint density at radius 2 is 1.23 bits per heavy atom. The van der Waals surface area contributed by atoms with Crippen LogP contribution in [0.1, 0.15) is 168 Å². The lowest BCUT2D eigenvalue weighted by Gasteiger charge is -2.19. The molecule has 1 heterocycles. The van der Waals surface area contributed by atoms with Crippen molar-refractivity contribution in [1.82, 2.24) is 4.90 Å². The molecule has 2 unspecified atom stereocenters. The van der Waals surface area contributed by atoms with Gasteiger partial charge in [-0.15, -0.1) is 0 Å². The zero-order chi connectivity index (χ0) is 29.2. The van der Waals surface area contributed by atoms with Gasteiger partial charge in [-0.05, 0) is 51.1 Å². The number of carbonyl (C=O) groups excluding carboxylic acids is 1. The molecule has 0 radical (unpaired) electrons. The number of hydrogen-bond acceptors (Lipinski definition) is 5. The zero-order valence-corrected chi connectivity index (χ0v) is 27.5. The first-order valence-corrected chi connectivity index (χ1v) is 18.8. The van der Waals surface area contributed by atoms with Gasteiger partial charge in [-0.25, -0.2) is 4.57 Å². The molecular formula is C33H66NO5P. The summed E-state index contributed by atoms with van der Waals surface area (Å²) in [5.41, 5.74) is 0. The first-order valence-electron chi connectivity index (χ1n) is 17.3. The summed E-state index contributed by atoms with van der Waals surface area (Å²) in [6.07, 6.45) is 28.7. The summed E-state index contributed by atoms with van der Waals surface area (Å²) in [6, 6.07) is 0. The monoisotopic (exact) mass is 587 g/mol. The Morgan fingerprint density at radius 3 is 1.73 bits per heavy atom. The van der Waals surface area contributed by atoms with Gasteiger partial charge in [0.05, 0.1) is 13.2 Å². The van der Waals surface area contributed by atoms with Gasteiger partial charge in [0.2, 0.25) is 0 Å². The largest absolute Gasteiger partial charge is 0.472 e. The summed E-state index contributed by atoms with van der Waals surface area (Å²) in [5, 5.41) is 0. The average Bonchev–Trinajstić information content (AvgIpc) is 3.45. The van der Waals surface area contributed by atoms with Gasteiger partial charge in [0, 0.05) is 19.4 Å². The van der Waals surface area contributed by atoms with E-state index < -0.39 is 7.82 Å². The van der Waals surface area contributed by atoms with Crippen molar-refractivity contribution in [3.05, 3.63) is 0 Å². The summed E-state index contributed by atoms with van der Waals surface area (Å²) in [4.78, 5) is 24.8. The molecule has 1 saturated heterocycles. The minimum absolute atomic E-state index is 0.0101. The Kier molecular flexibility index (Phi) is 24.9. The first kappa shape index (κ1) is 37.8. The number of phosphoric acid groups is 1. The smallest absolute Gasteiger partial charge is 0.303 e. The Morgan fingerprint density at radius 1 is 0.725 bits per heavy atom. The van der Waals surface area contributed by atoms with Crippen LogP contribution in [0, 0.1) is 5.92 Å². The lowest BCUT2D eigenvalue weighted by atomic mass is 9.94. The molecule has 0 aliphatic carbocycles. The Hall–Kier alpha value is -0.260. The van der Waals surface area contributed by atoms with Crippen molar-refractivity contribution in [2.24, 2.45) is 5.92 Å². The van der Waals surface area contributed by atoms with Gasteiger partial charge in [0.1, 0.15) is 5.78 Å². The normalized spacial score (nSPS) is 16.4. The number of likely N-dealkylation sites (tertiary alicyclic amines) is 1. The van der Waals surface area contributed by atoms with E-state index in [1.807, 2.05) is 6.92 Å². The fourth-order valence-electron chi connectivity index (χ4n) is 5.82. The number of hydrogen-bond donors (Lipinski definition) is 1. The van der Waals surface area contributed by atoms with Crippen LogP contribution in [0.15, 0.2) is 0 Å². The van der Waals surface area contributed by atoms with E-state index in [1.165, 1.54) is 109 Å². The molecule has 0 bridgehead atoms. The molecule has 0 saturated carbocycles. The van der Waals surface area contributed by atoms with Crippen LogP contribution in [-0.4, -0.2) is 48.4 Å². The molecule has 238 valence electrons. The highest BCUT2D eigenvalue weighted by Gasteiger charge is 2.24. The molecule has 0 aromatic rings. The Labute approximate surface area is 248 Å². The molecule has 1 aliphatic heterocycles. The summed E-state index contributed by atoms with van der Waals surface area (Å²) in [6.45, 7) is 7.75. The number of ketones is 1. The molecule has 1 N–H and O–H groups in total. The number of phosphoric ester groups is 1. The van der Waals surface area contributed by atoms with Gasteiger partial charge >= 0.3 is 7.82 Å². The minimum atomic E-state index is -4.07. The van der Waals surface area contributed by atoms with E-state index in [0.29, 0.717) is 12.8 Å². The molecule has 0 aromatic carbocycles. The second kappa shape index (κ2) is 26.4. The number of unbranched alkanes of at least 4 members (excludes halogenated alkanes) is 16. The molecule has 1 rings (SSSR count). The van der Waals surface area contributed by atoms with Crippen LogP contribution >= 0.6 is 7.82 Å². The highest BCUT2D eigenvalue weighted by atomic mass is 31.2. The topological polar surface area (TPSA) is 76.1 Å². The third kappa shape index (κ3) is 23.3. The van der Waals surface area contributed by atoms with Gasteiger partial charge in [-0.3, -0.25) is 13.8 Å². The van der Waals surface area contributed by atoms with E-state index in [0.717, 1.165) is 51.7 Å². The van der Waals surface area contributed by atoms with Gasteiger partial charge in [-0.1, -0.05) is 123 Å². The quantitative estimate of drug-likeness (QED) is 0.0666. The zero-order valence-electron chi connectivity index (χ0n) is 26.6. The fraction of sp³-hybridized carbons (Fsp3) is 0.970. The molecule has 6 nitrogen and oxygen atoms in total. The van der Waals surface area contributed by atoms with Crippen molar-refractivity contribution < 1.29 is 23.3 Å². The average molecular weight is 588 g/mol. The second-order valence-corrected chi connectivity index (χ2v) is 13.8. The van der Waals surface area contributed by atoms with Crippen LogP contribution in [0.5, 0.6) is 0 Å². The lowest BCUT2D eigenvalue weighted by molar-refractivity contribution is -0.120. The minimum Gasteiger partial charge on any atom is -0.303 e. The number of nitrogens with zero attached hydrogens (tertiary/aromatic N) is 1. The van der Waals surface area contributed by atoms with Gasteiger partial charge in [-0.2, -0.15) is 0 Å². The molecule has 7 heteroatoms. The highest BCUT2D eigenvalue weighted by molar-refractivity contribution is 7.47. The molecular weight excluding hydrogens is 521 g/mol. The third-order valence-corrected chi connectivity index (χ3v) is 9.29. The lowest BCUT2D eigenvalue weighted by Crippen LogP contribution is -2.21. The van der Waals surface area contributed by atoms with E-state index in [4.69, 9.17) is 9.05 Å². The van der Waals surface area contributed by atoms with Crippen molar-refractivity contribution in [3.8, 4) is 0 Å². The van der Waals surface area contributed by atoms with Gasteiger partial charge in [0.15, 0.2) is 0 Å². The summed E-state index contributed by atoms with van der Waals surface area (Å²) >= 11 is 0.